The van der Waals surface area contributed by atoms with Crippen LogP contribution in [0.5, 0.6) is 0 Å². The van der Waals surface area contributed by atoms with Crippen molar-refractivity contribution in [1.82, 2.24) is 4.90 Å². The van der Waals surface area contributed by atoms with Crippen molar-refractivity contribution in [2.24, 2.45) is 11.7 Å². The van der Waals surface area contributed by atoms with Gasteiger partial charge >= 0.3 is 0 Å². The monoisotopic (exact) mass is 240 g/mol. The maximum absolute atomic E-state index is 12.4. The van der Waals surface area contributed by atoms with Crippen LogP contribution in [-0.4, -0.2) is 40.1 Å². The molecule has 2 heterocycles. The van der Waals surface area contributed by atoms with Crippen molar-refractivity contribution < 1.29 is 9.90 Å². The fourth-order valence-corrected chi connectivity index (χ4v) is 3.18. The van der Waals surface area contributed by atoms with E-state index in [0.717, 1.165) is 32.1 Å². The number of nitrogens with two attached hydrogens (primary N) is 1. The minimum absolute atomic E-state index is 0.0961. The van der Waals surface area contributed by atoms with E-state index >= 15 is 0 Å². The smallest absolute Gasteiger partial charge is 0.240 e. The standard InChI is InChI=1S/C13H24N2O2/c1-3-8(2)12(14)13(17)15-9-4-5-10(15)7-11(16)6-9/h8-12,16H,3-7,14H2,1-2H3/t8-,9?,10?,11?,12-/m0/s1. The Balaban J connectivity index is 2.06. The first-order valence-electron chi connectivity index (χ1n) is 6.80. The van der Waals surface area contributed by atoms with Gasteiger partial charge in [0.2, 0.25) is 5.91 Å². The largest absolute Gasteiger partial charge is 0.393 e. The number of carbonyl (C=O) groups is 1. The van der Waals surface area contributed by atoms with Crippen LogP contribution in [-0.2, 0) is 4.79 Å². The molecule has 3 N–H and O–H groups in total. The number of rotatable bonds is 3. The molecule has 0 aromatic heterocycles. The van der Waals surface area contributed by atoms with E-state index in [2.05, 4.69) is 6.92 Å². The first kappa shape index (κ1) is 12.8. The average Bonchev–Trinajstić information content (AvgIpc) is 2.58. The number of carbonyl (C=O) groups excluding carboxylic acids is 1. The van der Waals surface area contributed by atoms with Gasteiger partial charge < -0.3 is 15.7 Å². The lowest BCUT2D eigenvalue weighted by molar-refractivity contribution is -0.140. The maximum Gasteiger partial charge on any atom is 0.240 e. The lowest BCUT2D eigenvalue weighted by Gasteiger charge is -2.39. The molecule has 2 bridgehead atoms. The summed E-state index contributed by atoms with van der Waals surface area (Å²) in [5, 5.41) is 9.71. The van der Waals surface area contributed by atoms with Gasteiger partial charge in [0.1, 0.15) is 0 Å². The highest BCUT2D eigenvalue weighted by Crippen LogP contribution is 2.36. The zero-order valence-corrected chi connectivity index (χ0v) is 10.8. The van der Waals surface area contributed by atoms with Crippen molar-refractivity contribution in [3.63, 3.8) is 0 Å². The molecule has 0 aromatic carbocycles. The molecule has 1 amide bonds. The molecule has 0 radical (unpaired) electrons. The van der Waals surface area contributed by atoms with Crippen molar-refractivity contribution in [2.75, 3.05) is 0 Å². The van der Waals surface area contributed by atoms with Gasteiger partial charge in [-0.15, -0.1) is 0 Å². The van der Waals surface area contributed by atoms with Gasteiger partial charge in [0.05, 0.1) is 12.1 Å². The molecule has 0 saturated carbocycles. The molecule has 2 rings (SSSR count). The first-order valence-corrected chi connectivity index (χ1v) is 6.80. The van der Waals surface area contributed by atoms with Crippen LogP contribution in [0.2, 0.25) is 0 Å². The number of aliphatic hydroxyl groups is 1. The van der Waals surface area contributed by atoms with Gasteiger partial charge in [0.25, 0.3) is 0 Å². The first-order chi connectivity index (χ1) is 8.04. The van der Waals surface area contributed by atoms with Gasteiger partial charge in [-0.2, -0.15) is 0 Å². The summed E-state index contributed by atoms with van der Waals surface area (Å²) in [6.45, 7) is 4.09. The van der Waals surface area contributed by atoms with E-state index in [0.29, 0.717) is 0 Å². The zero-order chi connectivity index (χ0) is 12.6. The zero-order valence-electron chi connectivity index (χ0n) is 10.8. The van der Waals surface area contributed by atoms with Crippen molar-refractivity contribution in [3.05, 3.63) is 0 Å². The quantitative estimate of drug-likeness (QED) is 0.769. The van der Waals surface area contributed by atoms with E-state index in [1.54, 1.807) is 0 Å². The number of amides is 1. The van der Waals surface area contributed by atoms with Crippen LogP contribution in [0.4, 0.5) is 0 Å². The summed E-state index contributed by atoms with van der Waals surface area (Å²) < 4.78 is 0. The molecule has 0 aliphatic carbocycles. The molecule has 4 heteroatoms. The second-order valence-electron chi connectivity index (χ2n) is 5.67. The van der Waals surface area contributed by atoms with Gasteiger partial charge in [0, 0.05) is 12.1 Å². The normalized spacial score (nSPS) is 35.8. The Morgan fingerprint density at radius 3 is 2.41 bits per heavy atom. The molecular formula is C13H24N2O2. The Labute approximate surface area is 103 Å². The third kappa shape index (κ3) is 2.33. The second-order valence-corrected chi connectivity index (χ2v) is 5.67. The molecule has 0 aromatic rings. The molecule has 17 heavy (non-hydrogen) atoms. The van der Waals surface area contributed by atoms with Gasteiger partial charge in [0.15, 0.2) is 0 Å². The Morgan fingerprint density at radius 1 is 1.41 bits per heavy atom. The highest BCUT2D eigenvalue weighted by Gasteiger charge is 2.44. The summed E-state index contributed by atoms with van der Waals surface area (Å²) in [6, 6.07) is 0.0797. The Hall–Kier alpha value is -0.610. The predicted octanol–water partition coefficient (Wildman–Crippen LogP) is 0.874. The van der Waals surface area contributed by atoms with Crippen LogP contribution < -0.4 is 5.73 Å². The number of aliphatic hydroxyl groups excluding tert-OH is 1. The van der Waals surface area contributed by atoms with Crippen LogP contribution >= 0.6 is 0 Å². The topological polar surface area (TPSA) is 66.6 Å². The van der Waals surface area contributed by atoms with Gasteiger partial charge in [-0.05, 0) is 31.6 Å². The van der Waals surface area contributed by atoms with E-state index in [9.17, 15) is 9.90 Å². The van der Waals surface area contributed by atoms with Crippen LogP contribution in [0.1, 0.15) is 46.0 Å². The van der Waals surface area contributed by atoms with Crippen molar-refractivity contribution >= 4 is 5.91 Å². The third-order valence-electron chi connectivity index (χ3n) is 4.50. The lowest BCUT2D eigenvalue weighted by Crippen LogP contribution is -2.55. The number of nitrogens with zero attached hydrogens (tertiary/aromatic N) is 1. The summed E-state index contributed by atoms with van der Waals surface area (Å²) in [5.74, 6) is 0.326. The van der Waals surface area contributed by atoms with Gasteiger partial charge in [-0.25, -0.2) is 0 Å². The molecule has 2 aliphatic heterocycles. The third-order valence-corrected chi connectivity index (χ3v) is 4.50. The van der Waals surface area contributed by atoms with E-state index in [4.69, 9.17) is 5.73 Å². The highest BCUT2D eigenvalue weighted by atomic mass is 16.3. The Bertz CT molecular complexity index is 281. The number of fused-ring (bicyclic) bond motifs is 2. The van der Waals surface area contributed by atoms with Gasteiger partial charge in [-0.1, -0.05) is 20.3 Å². The van der Waals surface area contributed by atoms with Crippen molar-refractivity contribution in [1.29, 1.82) is 0 Å². The number of hydrogen-bond acceptors (Lipinski definition) is 3. The Morgan fingerprint density at radius 2 is 1.94 bits per heavy atom. The van der Waals surface area contributed by atoms with Crippen molar-refractivity contribution in [2.45, 2.75) is 70.2 Å². The fraction of sp³-hybridized carbons (Fsp3) is 0.923. The molecule has 4 nitrogen and oxygen atoms in total. The number of hydrogen-bond donors (Lipinski definition) is 2. The molecular weight excluding hydrogens is 216 g/mol. The van der Waals surface area contributed by atoms with E-state index in [1.807, 2.05) is 11.8 Å². The molecule has 2 aliphatic rings. The SMILES string of the molecule is CC[C@H](C)[C@H](N)C(=O)N1C2CCC1CC(O)C2. The summed E-state index contributed by atoms with van der Waals surface area (Å²) in [7, 11) is 0. The molecule has 2 unspecified atom stereocenters. The van der Waals surface area contributed by atoms with Crippen LogP contribution in [0.3, 0.4) is 0 Å². The van der Waals surface area contributed by atoms with E-state index < -0.39 is 0 Å². The van der Waals surface area contributed by atoms with Crippen LogP contribution in [0, 0.1) is 5.92 Å². The van der Waals surface area contributed by atoms with Crippen LogP contribution in [0.15, 0.2) is 0 Å². The molecule has 0 spiro atoms. The van der Waals surface area contributed by atoms with Crippen molar-refractivity contribution in [3.8, 4) is 0 Å². The second kappa shape index (κ2) is 4.94. The Kier molecular flexibility index (Phi) is 3.73. The van der Waals surface area contributed by atoms with Gasteiger partial charge in [-0.3, -0.25) is 4.79 Å². The lowest BCUT2D eigenvalue weighted by atomic mass is 9.94. The molecule has 2 fully saturated rings. The maximum atomic E-state index is 12.4. The van der Waals surface area contributed by atoms with E-state index in [-0.39, 0.29) is 36.1 Å². The summed E-state index contributed by atoms with van der Waals surface area (Å²) in [5.41, 5.74) is 6.04. The molecule has 2 saturated heterocycles. The summed E-state index contributed by atoms with van der Waals surface area (Å²) in [6.07, 6.45) is 4.22. The predicted molar refractivity (Wildman–Crippen MR) is 66.3 cm³/mol. The minimum Gasteiger partial charge on any atom is -0.393 e. The summed E-state index contributed by atoms with van der Waals surface area (Å²) >= 11 is 0. The average molecular weight is 240 g/mol. The molecule has 98 valence electrons. The summed E-state index contributed by atoms with van der Waals surface area (Å²) in [4.78, 5) is 14.4. The number of piperidine rings is 1. The highest BCUT2D eigenvalue weighted by molar-refractivity contribution is 5.83. The van der Waals surface area contributed by atoms with Crippen LogP contribution in [0.25, 0.3) is 0 Å². The molecule has 4 atom stereocenters. The van der Waals surface area contributed by atoms with E-state index in [1.165, 1.54) is 0 Å². The minimum atomic E-state index is -0.377. The fourth-order valence-electron chi connectivity index (χ4n) is 3.18.